The van der Waals surface area contributed by atoms with Crippen molar-refractivity contribution in [1.29, 1.82) is 0 Å². The van der Waals surface area contributed by atoms with E-state index >= 15 is 0 Å². The topological polar surface area (TPSA) is 79.6 Å². The zero-order valence-corrected chi connectivity index (χ0v) is 12.7. The lowest BCUT2D eigenvalue weighted by Crippen LogP contribution is -2.36. The third-order valence-corrected chi connectivity index (χ3v) is 5.90. The average molecular weight is 300 g/mol. The van der Waals surface area contributed by atoms with Gasteiger partial charge in [-0.15, -0.1) is 0 Å². The highest BCUT2D eigenvalue weighted by molar-refractivity contribution is 7.89. The molecule has 7 heteroatoms. The molecular formula is C13H20N2O4S. The molecule has 0 saturated heterocycles. The van der Waals surface area contributed by atoms with Crippen LogP contribution in [-0.4, -0.2) is 41.5 Å². The summed E-state index contributed by atoms with van der Waals surface area (Å²) in [6.07, 6.45) is 3.50. The highest BCUT2D eigenvalue weighted by Crippen LogP contribution is 2.36. The Hall–Kier alpha value is -1.34. The first-order valence-electron chi connectivity index (χ1n) is 6.70. The van der Waals surface area contributed by atoms with Crippen LogP contribution < -0.4 is 0 Å². The van der Waals surface area contributed by atoms with Gasteiger partial charge in [0.05, 0.1) is 0 Å². The van der Waals surface area contributed by atoms with Gasteiger partial charge in [-0.05, 0) is 38.7 Å². The summed E-state index contributed by atoms with van der Waals surface area (Å²) in [5, 5.41) is 9.09. The lowest BCUT2D eigenvalue weighted by Gasteiger charge is -2.23. The molecule has 1 aliphatic carbocycles. The van der Waals surface area contributed by atoms with Crippen LogP contribution >= 0.6 is 0 Å². The van der Waals surface area contributed by atoms with Crippen LogP contribution in [0.1, 0.15) is 37.2 Å². The first kappa shape index (κ1) is 15.1. The molecule has 1 aromatic rings. The molecule has 0 bridgehead atoms. The standard InChI is InChI=1S/C13H20N2O4S/c1-4-15-8-11(7-12(15)13(16)17)20(18,19)14(3)9(2)10-5-6-10/h7-10H,4-6H2,1-3H3,(H,16,17)/t9-/m0/s1. The lowest BCUT2D eigenvalue weighted by atomic mass is 10.2. The van der Waals surface area contributed by atoms with Gasteiger partial charge < -0.3 is 9.67 Å². The second-order valence-corrected chi connectivity index (χ2v) is 7.25. The monoisotopic (exact) mass is 300 g/mol. The van der Waals surface area contributed by atoms with Crippen LogP contribution in [0, 0.1) is 5.92 Å². The molecular weight excluding hydrogens is 280 g/mol. The normalized spacial score (nSPS) is 17.4. The number of hydrogen-bond donors (Lipinski definition) is 1. The van der Waals surface area contributed by atoms with Gasteiger partial charge in [-0.1, -0.05) is 0 Å². The van der Waals surface area contributed by atoms with Crippen LogP contribution in [0.25, 0.3) is 0 Å². The summed E-state index contributed by atoms with van der Waals surface area (Å²) >= 11 is 0. The molecule has 1 heterocycles. The maximum Gasteiger partial charge on any atom is 0.352 e. The van der Waals surface area contributed by atoms with Crippen molar-refractivity contribution < 1.29 is 18.3 Å². The molecule has 1 N–H and O–H groups in total. The van der Waals surface area contributed by atoms with Crippen molar-refractivity contribution in [3.8, 4) is 0 Å². The summed E-state index contributed by atoms with van der Waals surface area (Å²) in [6.45, 7) is 4.09. The quantitative estimate of drug-likeness (QED) is 0.866. The molecule has 0 aromatic carbocycles. The largest absolute Gasteiger partial charge is 0.477 e. The van der Waals surface area contributed by atoms with E-state index in [-0.39, 0.29) is 16.6 Å². The van der Waals surface area contributed by atoms with Crippen molar-refractivity contribution in [3.63, 3.8) is 0 Å². The molecule has 1 aromatic heterocycles. The van der Waals surface area contributed by atoms with Gasteiger partial charge in [-0.3, -0.25) is 0 Å². The molecule has 0 unspecified atom stereocenters. The number of carbonyl (C=O) groups is 1. The van der Waals surface area contributed by atoms with Crippen molar-refractivity contribution in [2.24, 2.45) is 5.92 Å². The fourth-order valence-corrected chi connectivity index (χ4v) is 3.79. The fraction of sp³-hybridized carbons (Fsp3) is 0.615. The van der Waals surface area contributed by atoms with Crippen LogP contribution in [0.2, 0.25) is 0 Å². The van der Waals surface area contributed by atoms with E-state index in [4.69, 9.17) is 5.11 Å². The molecule has 1 saturated carbocycles. The molecule has 6 nitrogen and oxygen atoms in total. The number of nitrogens with zero attached hydrogens (tertiary/aromatic N) is 2. The predicted molar refractivity (Wildman–Crippen MR) is 74.2 cm³/mol. The van der Waals surface area contributed by atoms with E-state index in [9.17, 15) is 13.2 Å². The summed E-state index contributed by atoms with van der Waals surface area (Å²) in [5.74, 6) is -0.701. The predicted octanol–water partition coefficient (Wildman–Crippen LogP) is 1.63. The van der Waals surface area contributed by atoms with Crippen molar-refractivity contribution in [2.75, 3.05) is 7.05 Å². The van der Waals surface area contributed by atoms with E-state index in [0.29, 0.717) is 12.5 Å². The first-order chi connectivity index (χ1) is 9.28. The minimum Gasteiger partial charge on any atom is -0.477 e. The maximum atomic E-state index is 12.5. The number of aromatic carboxylic acids is 1. The minimum atomic E-state index is -3.64. The van der Waals surface area contributed by atoms with Gasteiger partial charge in [0.15, 0.2) is 0 Å². The maximum absolute atomic E-state index is 12.5. The van der Waals surface area contributed by atoms with Gasteiger partial charge in [0.2, 0.25) is 10.0 Å². The number of rotatable bonds is 6. The summed E-state index contributed by atoms with van der Waals surface area (Å²) in [5.41, 5.74) is -0.00134. The van der Waals surface area contributed by atoms with E-state index in [1.54, 1.807) is 14.0 Å². The molecule has 112 valence electrons. The molecule has 0 radical (unpaired) electrons. The van der Waals surface area contributed by atoms with E-state index < -0.39 is 16.0 Å². The highest BCUT2D eigenvalue weighted by Gasteiger charge is 2.36. The van der Waals surface area contributed by atoms with E-state index in [0.717, 1.165) is 12.8 Å². The first-order valence-corrected chi connectivity index (χ1v) is 8.14. The van der Waals surface area contributed by atoms with E-state index in [2.05, 4.69) is 0 Å². The number of carboxylic acid groups (broad SMARTS) is 1. The fourth-order valence-electron chi connectivity index (χ4n) is 2.33. The van der Waals surface area contributed by atoms with Crippen molar-refractivity contribution in [3.05, 3.63) is 18.0 Å². The van der Waals surface area contributed by atoms with Gasteiger partial charge in [0.25, 0.3) is 0 Å². The third-order valence-electron chi connectivity index (χ3n) is 3.99. The second-order valence-electron chi connectivity index (χ2n) is 5.25. The smallest absolute Gasteiger partial charge is 0.352 e. The molecule has 1 aliphatic rings. The van der Waals surface area contributed by atoms with Crippen molar-refractivity contribution in [2.45, 2.75) is 44.2 Å². The van der Waals surface area contributed by atoms with Crippen molar-refractivity contribution in [1.82, 2.24) is 8.87 Å². The molecule has 1 atom stereocenters. The number of aryl methyl sites for hydroxylation is 1. The minimum absolute atomic E-state index is 0.00134. The van der Waals surface area contributed by atoms with Gasteiger partial charge >= 0.3 is 5.97 Å². The van der Waals surface area contributed by atoms with Gasteiger partial charge in [0, 0.05) is 25.8 Å². The lowest BCUT2D eigenvalue weighted by molar-refractivity contribution is 0.0685. The average Bonchev–Trinajstić information content (AvgIpc) is 3.14. The molecule has 20 heavy (non-hydrogen) atoms. The summed E-state index contributed by atoms with van der Waals surface area (Å²) in [6, 6.07) is 1.18. The van der Waals surface area contributed by atoms with Gasteiger partial charge in [-0.25, -0.2) is 13.2 Å². The molecule has 0 spiro atoms. The Balaban J connectivity index is 2.36. The second kappa shape index (κ2) is 5.21. The Labute approximate surface area is 119 Å². The number of carboxylic acids is 1. The summed E-state index contributed by atoms with van der Waals surface area (Å²) in [4.78, 5) is 11.2. The Morgan fingerprint density at radius 1 is 1.55 bits per heavy atom. The third kappa shape index (κ3) is 2.60. The van der Waals surface area contributed by atoms with Crippen LogP contribution in [0.3, 0.4) is 0 Å². The summed E-state index contributed by atoms with van der Waals surface area (Å²) in [7, 11) is -2.08. The van der Waals surface area contributed by atoms with E-state index in [1.165, 1.54) is 21.1 Å². The Bertz CT molecular complexity index is 616. The van der Waals surface area contributed by atoms with Crippen LogP contribution in [0.5, 0.6) is 0 Å². The highest BCUT2D eigenvalue weighted by atomic mass is 32.2. The van der Waals surface area contributed by atoms with Gasteiger partial charge in [-0.2, -0.15) is 4.31 Å². The number of hydrogen-bond acceptors (Lipinski definition) is 3. The molecule has 2 rings (SSSR count). The molecule has 0 amide bonds. The van der Waals surface area contributed by atoms with Crippen LogP contribution in [-0.2, 0) is 16.6 Å². The Morgan fingerprint density at radius 3 is 2.55 bits per heavy atom. The number of aromatic nitrogens is 1. The Morgan fingerprint density at radius 2 is 2.15 bits per heavy atom. The molecule has 0 aliphatic heterocycles. The Kier molecular flexibility index (Phi) is 3.93. The number of sulfonamides is 1. The molecule has 1 fully saturated rings. The van der Waals surface area contributed by atoms with E-state index in [1.807, 2.05) is 6.92 Å². The zero-order chi connectivity index (χ0) is 15.1. The van der Waals surface area contributed by atoms with Crippen molar-refractivity contribution >= 4 is 16.0 Å². The van der Waals surface area contributed by atoms with Crippen LogP contribution in [0.15, 0.2) is 17.2 Å². The zero-order valence-electron chi connectivity index (χ0n) is 11.9. The van der Waals surface area contributed by atoms with Gasteiger partial charge in [0.1, 0.15) is 10.6 Å². The SMILES string of the molecule is CCn1cc(S(=O)(=O)N(C)[C@@H](C)C2CC2)cc1C(=O)O. The summed E-state index contributed by atoms with van der Waals surface area (Å²) < 4.78 is 27.8. The van der Waals surface area contributed by atoms with Crippen LogP contribution in [0.4, 0.5) is 0 Å².